The van der Waals surface area contributed by atoms with E-state index in [-0.39, 0.29) is 5.69 Å². The number of aromatic nitrogens is 1. The van der Waals surface area contributed by atoms with Crippen molar-refractivity contribution < 1.29 is 9.90 Å². The van der Waals surface area contributed by atoms with Gasteiger partial charge in [-0.25, -0.2) is 9.78 Å². The van der Waals surface area contributed by atoms with E-state index in [1.807, 2.05) is 19.9 Å². The predicted octanol–water partition coefficient (Wildman–Crippen LogP) is 3.00. The highest BCUT2D eigenvalue weighted by molar-refractivity contribution is 5.85. The van der Waals surface area contributed by atoms with Crippen molar-refractivity contribution in [2.24, 2.45) is 5.92 Å². The van der Waals surface area contributed by atoms with Gasteiger partial charge in [0.05, 0.1) is 0 Å². The maximum atomic E-state index is 10.6. The molecule has 1 N–H and O–H groups in total. The summed E-state index contributed by atoms with van der Waals surface area (Å²) in [5.41, 5.74) is 0.966. The van der Waals surface area contributed by atoms with Crippen LogP contribution in [0, 0.1) is 5.92 Å². The van der Waals surface area contributed by atoms with Gasteiger partial charge in [-0.3, -0.25) is 0 Å². The lowest BCUT2D eigenvalue weighted by molar-refractivity contribution is 0.0690. The molecule has 0 aliphatic rings. The molecule has 0 saturated heterocycles. The first kappa shape index (κ1) is 13.6. The number of pyridine rings is 1. The van der Waals surface area contributed by atoms with Crippen LogP contribution in [0.1, 0.15) is 43.9 Å². The molecule has 1 aromatic heterocycles. The summed E-state index contributed by atoms with van der Waals surface area (Å²) < 4.78 is 0. The SMILES string of the molecule is CC.CC(C)Cc1cccc(C(=O)O)n1. The molecule has 3 heteroatoms. The van der Waals surface area contributed by atoms with Crippen LogP contribution in [-0.2, 0) is 6.42 Å². The van der Waals surface area contributed by atoms with Gasteiger partial charge >= 0.3 is 5.97 Å². The van der Waals surface area contributed by atoms with Gasteiger partial charge in [0.15, 0.2) is 0 Å². The van der Waals surface area contributed by atoms with Gasteiger partial charge < -0.3 is 5.11 Å². The van der Waals surface area contributed by atoms with Gasteiger partial charge in [0.2, 0.25) is 0 Å². The van der Waals surface area contributed by atoms with Crippen molar-refractivity contribution in [1.29, 1.82) is 0 Å². The van der Waals surface area contributed by atoms with Crippen LogP contribution in [0.15, 0.2) is 18.2 Å². The zero-order valence-corrected chi connectivity index (χ0v) is 9.82. The first-order valence-electron chi connectivity index (χ1n) is 5.29. The molecule has 84 valence electrons. The molecule has 3 nitrogen and oxygen atoms in total. The minimum absolute atomic E-state index is 0.123. The Morgan fingerprint density at radius 1 is 1.40 bits per heavy atom. The fourth-order valence-corrected chi connectivity index (χ4v) is 1.13. The molecule has 0 radical (unpaired) electrons. The fourth-order valence-electron chi connectivity index (χ4n) is 1.13. The average molecular weight is 209 g/mol. The minimum atomic E-state index is -0.967. The Balaban J connectivity index is 0.000000921. The maximum absolute atomic E-state index is 10.6. The van der Waals surface area contributed by atoms with Crippen molar-refractivity contribution in [2.75, 3.05) is 0 Å². The average Bonchev–Trinajstić information content (AvgIpc) is 2.20. The third-order valence-electron chi connectivity index (χ3n) is 1.64. The summed E-state index contributed by atoms with van der Waals surface area (Å²) in [6.07, 6.45) is 0.821. The third kappa shape index (κ3) is 5.15. The summed E-state index contributed by atoms with van der Waals surface area (Å²) in [4.78, 5) is 14.6. The van der Waals surface area contributed by atoms with Crippen LogP contribution in [0.5, 0.6) is 0 Å². The molecule has 0 saturated carbocycles. The molecular formula is C12H19NO2. The number of carbonyl (C=O) groups is 1. The molecule has 0 bridgehead atoms. The fraction of sp³-hybridized carbons (Fsp3) is 0.500. The Labute approximate surface area is 91.2 Å². The zero-order valence-electron chi connectivity index (χ0n) is 9.82. The minimum Gasteiger partial charge on any atom is -0.477 e. The van der Waals surface area contributed by atoms with E-state index in [1.165, 1.54) is 6.07 Å². The predicted molar refractivity (Wildman–Crippen MR) is 61.1 cm³/mol. The molecule has 0 aliphatic carbocycles. The second-order valence-electron chi connectivity index (χ2n) is 3.42. The summed E-state index contributed by atoms with van der Waals surface area (Å²) >= 11 is 0. The topological polar surface area (TPSA) is 50.2 Å². The van der Waals surface area contributed by atoms with Crippen molar-refractivity contribution in [2.45, 2.75) is 34.1 Å². The summed E-state index contributed by atoms with van der Waals surface area (Å²) in [6.45, 7) is 8.16. The van der Waals surface area contributed by atoms with E-state index in [4.69, 9.17) is 5.11 Å². The molecule has 0 fully saturated rings. The third-order valence-corrected chi connectivity index (χ3v) is 1.64. The van der Waals surface area contributed by atoms with Gasteiger partial charge in [-0.1, -0.05) is 33.8 Å². The highest BCUT2D eigenvalue weighted by Crippen LogP contribution is 2.06. The largest absolute Gasteiger partial charge is 0.477 e. The lowest BCUT2D eigenvalue weighted by Gasteiger charge is -2.03. The Bertz CT molecular complexity index is 308. The molecule has 15 heavy (non-hydrogen) atoms. The van der Waals surface area contributed by atoms with E-state index in [0.717, 1.165) is 12.1 Å². The number of hydrogen-bond donors (Lipinski definition) is 1. The van der Waals surface area contributed by atoms with E-state index < -0.39 is 5.97 Å². The van der Waals surface area contributed by atoms with Gasteiger partial charge in [0.25, 0.3) is 0 Å². The lowest BCUT2D eigenvalue weighted by atomic mass is 10.1. The van der Waals surface area contributed by atoms with Crippen LogP contribution in [0.4, 0.5) is 0 Å². The highest BCUT2D eigenvalue weighted by Gasteiger charge is 2.05. The second-order valence-corrected chi connectivity index (χ2v) is 3.42. The Hall–Kier alpha value is -1.38. The second kappa shape index (κ2) is 6.98. The first-order chi connectivity index (χ1) is 7.09. The maximum Gasteiger partial charge on any atom is 0.354 e. The molecular weight excluding hydrogens is 190 g/mol. The molecule has 1 rings (SSSR count). The number of carboxylic acids is 1. The summed E-state index contributed by atoms with van der Waals surface area (Å²) in [5, 5.41) is 8.68. The zero-order chi connectivity index (χ0) is 11.8. The lowest BCUT2D eigenvalue weighted by Crippen LogP contribution is -2.04. The van der Waals surface area contributed by atoms with Crippen LogP contribution in [-0.4, -0.2) is 16.1 Å². The molecule has 1 aromatic rings. The van der Waals surface area contributed by atoms with E-state index in [0.29, 0.717) is 5.92 Å². The van der Waals surface area contributed by atoms with Crippen LogP contribution >= 0.6 is 0 Å². The van der Waals surface area contributed by atoms with Crippen LogP contribution in [0.3, 0.4) is 0 Å². The van der Waals surface area contributed by atoms with Gasteiger partial charge in [-0.2, -0.15) is 0 Å². The number of aromatic carboxylic acids is 1. The molecule has 0 unspecified atom stereocenters. The molecule has 0 spiro atoms. The summed E-state index contributed by atoms with van der Waals surface area (Å²) in [6, 6.07) is 5.09. The summed E-state index contributed by atoms with van der Waals surface area (Å²) in [5.74, 6) is -0.470. The highest BCUT2D eigenvalue weighted by atomic mass is 16.4. The Morgan fingerprint density at radius 3 is 2.47 bits per heavy atom. The van der Waals surface area contributed by atoms with Crippen LogP contribution in [0.25, 0.3) is 0 Å². The Kier molecular flexibility index (Phi) is 6.34. The molecule has 0 aliphatic heterocycles. The smallest absolute Gasteiger partial charge is 0.354 e. The van der Waals surface area contributed by atoms with Crippen LogP contribution in [0.2, 0.25) is 0 Å². The molecule has 0 atom stereocenters. The van der Waals surface area contributed by atoms with E-state index in [1.54, 1.807) is 6.07 Å². The van der Waals surface area contributed by atoms with Crippen molar-refractivity contribution in [1.82, 2.24) is 4.98 Å². The Morgan fingerprint density at radius 2 is 2.00 bits per heavy atom. The van der Waals surface area contributed by atoms with Crippen molar-refractivity contribution >= 4 is 5.97 Å². The standard InChI is InChI=1S/C10H13NO2.C2H6/c1-7(2)6-8-4-3-5-9(11-8)10(12)13;1-2/h3-5,7H,6H2,1-2H3,(H,12,13);1-2H3. The monoisotopic (exact) mass is 209 g/mol. The number of rotatable bonds is 3. The number of hydrogen-bond acceptors (Lipinski definition) is 2. The first-order valence-corrected chi connectivity index (χ1v) is 5.29. The van der Waals surface area contributed by atoms with Crippen molar-refractivity contribution in [3.05, 3.63) is 29.6 Å². The molecule has 1 heterocycles. The number of nitrogens with zero attached hydrogens (tertiary/aromatic N) is 1. The quantitative estimate of drug-likeness (QED) is 0.832. The van der Waals surface area contributed by atoms with Gasteiger partial charge in [-0.05, 0) is 24.5 Å². The van der Waals surface area contributed by atoms with Gasteiger partial charge in [0, 0.05) is 5.69 Å². The number of carboxylic acid groups (broad SMARTS) is 1. The van der Waals surface area contributed by atoms with E-state index in [2.05, 4.69) is 18.8 Å². The van der Waals surface area contributed by atoms with E-state index in [9.17, 15) is 4.79 Å². The van der Waals surface area contributed by atoms with Gasteiger partial charge in [-0.15, -0.1) is 0 Å². The van der Waals surface area contributed by atoms with Gasteiger partial charge in [0.1, 0.15) is 5.69 Å². The molecule has 0 aromatic carbocycles. The van der Waals surface area contributed by atoms with E-state index >= 15 is 0 Å². The van der Waals surface area contributed by atoms with Crippen molar-refractivity contribution in [3.8, 4) is 0 Å². The van der Waals surface area contributed by atoms with Crippen molar-refractivity contribution in [3.63, 3.8) is 0 Å². The molecule has 0 amide bonds. The summed E-state index contributed by atoms with van der Waals surface area (Å²) in [7, 11) is 0. The van der Waals surface area contributed by atoms with Crippen LogP contribution < -0.4 is 0 Å². The normalized spacial score (nSPS) is 9.40.